The minimum Gasteiger partial charge on any atom is -0.368 e. The van der Waals surface area contributed by atoms with E-state index in [1.165, 1.54) is 12.1 Å². The van der Waals surface area contributed by atoms with Crippen LogP contribution in [-0.4, -0.2) is 19.9 Å². The average molecular weight is 233 g/mol. The Labute approximate surface area is 98.0 Å². The smallest absolute Gasteiger partial charge is 0.223 e. The number of halogens is 1. The van der Waals surface area contributed by atoms with Gasteiger partial charge in [0.15, 0.2) is 5.82 Å². The van der Waals surface area contributed by atoms with Crippen molar-refractivity contribution < 1.29 is 4.39 Å². The summed E-state index contributed by atoms with van der Waals surface area (Å²) in [5, 5.41) is 0. The Morgan fingerprint density at radius 1 is 1.24 bits per heavy atom. The standard InChI is InChI=1S/C11H12FN5/c1-2-3-9-15-10(17-11(13)16-9)8-5-4-7(12)6-14-8/h4-6H,2-3H2,1H3,(H2,13,15,16,17). The number of nitrogens with two attached hydrogens (primary N) is 1. The lowest BCUT2D eigenvalue weighted by atomic mass is 10.3. The van der Waals surface area contributed by atoms with Gasteiger partial charge in [0.1, 0.15) is 17.3 Å². The van der Waals surface area contributed by atoms with Crippen molar-refractivity contribution in [3.63, 3.8) is 0 Å². The fourth-order valence-electron chi connectivity index (χ4n) is 1.40. The summed E-state index contributed by atoms with van der Waals surface area (Å²) in [6, 6.07) is 2.82. The van der Waals surface area contributed by atoms with Gasteiger partial charge in [0.25, 0.3) is 0 Å². The maximum absolute atomic E-state index is 12.7. The molecule has 0 aliphatic carbocycles. The highest BCUT2D eigenvalue weighted by Crippen LogP contribution is 2.13. The van der Waals surface area contributed by atoms with Crippen LogP contribution < -0.4 is 5.73 Å². The van der Waals surface area contributed by atoms with Crippen LogP contribution in [0.15, 0.2) is 18.3 Å². The largest absolute Gasteiger partial charge is 0.368 e. The zero-order valence-corrected chi connectivity index (χ0v) is 9.39. The van der Waals surface area contributed by atoms with Gasteiger partial charge in [-0.2, -0.15) is 9.97 Å². The number of aryl methyl sites for hydroxylation is 1. The maximum atomic E-state index is 12.7. The molecule has 0 atom stereocenters. The lowest BCUT2D eigenvalue weighted by Crippen LogP contribution is -2.05. The number of anilines is 1. The SMILES string of the molecule is CCCc1nc(N)nc(-c2ccc(F)cn2)n1. The van der Waals surface area contributed by atoms with Crippen molar-refractivity contribution in [3.05, 3.63) is 30.0 Å². The molecule has 0 saturated heterocycles. The third-order valence-corrected chi connectivity index (χ3v) is 2.13. The third-order valence-electron chi connectivity index (χ3n) is 2.13. The number of hydrogen-bond donors (Lipinski definition) is 1. The molecule has 2 heterocycles. The predicted octanol–water partition coefficient (Wildman–Crippen LogP) is 1.61. The summed E-state index contributed by atoms with van der Waals surface area (Å²) in [4.78, 5) is 16.2. The Morgan fingerprint density at radius 3 is 2.71 bits per heavy atom. The highest BCUT2D eigenvalue weighted by molar-refractivity contribution is 5.49. The second-order valence-corrected chi connectivity index (χ2v) is 3.55. The zero-order chi connectivity index (χ0) is 12.3. The van der Waals surface area contributed by atoms with Gasteiger partial charge in [0.2, 0.25) is 5.95 Å². The molecule has 0 saturated carbocycles. The van der Waals surface area contributed by atoms with Gasteiger partial charge < -0.3 is 5.73 Å². The predicted molar refractivity (Wildman–Crippen MR) is 61.4 cm³/mol. The first-order chi connectivity index (χ1) is 8.19. The van der Waals surface area contributed by atoms with E-state index in [0.29, 0.717) is 17.3 Å². The van der Waals surface area contributed by atoms with Gasteiger partial charge in [0, 0.05) is 6.42 Å². The second kappa shape index (κ2) is 4.82. The molecular weight excluding hydrogens is 221 g/mol. The number of nitrogens with zero attached hydrogens (tertiary/aromatic N) is 4. The first kappa shape index (κ1) is 11.4. The van der Waals surface area contributed by atoms with Crippen molar-refractivity contribution in [2.45, 2.75) is 19.8 Å². The fourth-order valence-corrected chi connectivity index (χ4v) is 1.40. The van der Waals surface area contributed by atoms with E-state index in [1.54, 1.807) is 0 Å². The van der Waals surface area contributed by atoms with Crippen molar-refractivity contribution >= 4 is 5.95 Å². The van der Waals surface area contributed by atoms with Crippen molar-refractivity contribution in [1.82, 2.24) is 19.9 Å². The molecule has 2 rings (SSSR count). The Morgan fingerprint density at radius 2 is 2.06 bits per heavy atom. The Bertz CT molecular complexity index is 512. The average Bonchev–Trinajstić information content (AvgIpc) is 2.29. The van der Waals surface area contributed by atoms with E-state index in [0.717, 1.165) is 19.0 Å². The molecule has 0 aliphatic heterocycles. The quantitative estimate of drug-likeness (QED) is 0.871. The van der Waals surface area contributed by atoms with E-state index in [9.17, 15) is 4.39 Å². The summed E-state index contributed by atoms with van der Waals surface area (Å²) in [7, 11) is 0. The monoisotopic (exact) mass is 233 g/mol. The zero-order valence-electron chi connectivity index (χ0n) is 9.39. The molecule has 0 radical (unpaired) electrons. The Hall–Kier alpha value is -2.11. The van der Waals surface area contributed by atoms with Crippen molar-refractivity contribution in [2.24, 2.45) is 0 Å². The second-order valence-electron chi connectivity index (χ2n) is 3.55. The van der Waals surface area contributed by atoms with Crippen LogP contribution in [0.4, 0.5) is 10.3 Å². The topological polar surface area (TPSA) is 77.6 Å². The van der Waals surface area contributed by atoms with E-state index in [4.69, 9.17) is 5.73 Å². The molecule has 5 nitrogen and oxygen atoms in total. The van der Waals surface area contributed by atoms with Crippen LogP contribution in [0, 0.1) is 5.82 Å². The van der Waals surface area contributed by atoms with Gasteiger partial charge in [-0.15, -0.1) is 0 Å². The molecular formula is C11H12FN5. The van der Waals surface area contributed by atoms with Crippen LogP contribution in [-0.2, 0) is 6.42 Å². The number of rotatable bonds is 3. The van der Waals surface area contributed by atoms with E-state index < -0.39 is 5.82 Å². The van der Waals surface area contributed by atoms with Crippen molar-refractivity contribution in [1.29, 1.82) is 0 Å². The summed E-state index contributed by atoms with van der Waals surface area (Å²) >= 11 is 0. The number of pyridine rings is 1. The summed E-state index contributed by atoms with van der Waals surface area (Å²) < 4.78 is 12.7. The molecule has 0 aliphatic rings. The van der Waals surface area contributed by atoms with E-state index in [2.05, 4.69) is 19.9 Å². The van der Waals surface area contributed by atoms with E-state index in [-0.39, 0.29) is 5.95 Å². The van der Waals surface area contributed by atoms with Gasteiger partial charge in [-0.25, -0.2) is 14.4 Å². The van der Waals surface area contributed by atoms with Crippen LogP contribution in [0.3, 0.4) is 0 Å². The number of nitrogen functional groups attached to an aromatic ring is 1. The van der Waals surface area contributed by atoms with E-state index >= 15 is 0 Å². The molecule has 6 heteroatoms. The summed E-state index contributed by atoms with van der Waals surface area (Å²) in [5.74, 6) is 0.760. The van der Waals surface area contributed by atoms with Gasteiger partial charge >= 0.3 is 0 Å². The molecule has 0 bridgehead atoms. The summed E-state index contributed by atoms with van der Waals surface area (Å²) in [6.45, 7) is 2.02. The van der Waals surface area contributed by atoms with Gasteiger partial charge in [-0.3, -0.25) is 0 Å². The van der Waals surface area contributed by atoms with Gasteiger partial charge in [-0.05, 0) is 18.6 Å². The van der Waals surface area contributed by atoms with Crippen LogP contribution in [0.2, 0.25) is 0 Å². The molecule has 88 valence electrons. The molecule has 17 heavy (non-hydrogen) atoms. The molecule has 2 aromatic heterocycles. The number of hydrogen-bond acceptors (Lipinski definition) is 5. The van der Waals surface area contributed by atoms with Gasteiger partial charge in [0.05, 0.1) is 6.20 Å². The number of aromatic nitrogens is 4. The normalized spacial score (nSPS) is 10.5. The van der Waals surface area contributed by atoms with Gasteiger partial charge in [-0.1, -0.05) is 6.92 Å². The Balaban J connectivity index is 2.40. The van der Waals surface area contributed by atoms with Crippen LogP contribution in [0.5, 0.6) is 0 Å². The fraction of sp³-hybridized carbons (Fsp3) is 0.273. The van der Waals surface area contributed by atoms with E-state index in [1.807, 2.05) is 6.92 Å². The Kier molecular flexibility index (Phi) is 3.22. The van der Waals surface area contributed by atoms with Crippen LogP contribution in [0.1, 0.15) is 19.2 Å². The molecule has 0 spiro atoms. The summed E-state index contributed by atoms with van der Waals surface area (Å²) in [6.07, 6.45) is 2.76. The van der Waals surface area contributed by atoms with Crippen molar-refractivity contribution in [3.8, 4) is 11.5 Å². The first-order valence-corrected chi connectivity index (χ1v) is 5.31. The lowest BCUT2D eigenvalue weighted by Gasteiger charge is -2.03. The molecule has 2 N–H and O–H groups in total. The lowest BCUT2D eigenvalue weighted by molar-refractivity contribution is 0.621. The highest BCUT2D eigenvalue weighted by atomic mass is 19.1. The van der Waals surface area contributed by atoms with Crippen molar-refractivity contribution in [2.75, 3.05) is 5.73 Å². The summed E-state index contributed by atoms with van der Waals surface area (Å²) in [5.41, 5.74) is 6.08. The highest BCUT2D eigenvalue weighted by Gasteiger charge is 2.07. The molecule has 0 aromatic carbocycles. The third kappa shape index (κ3) is 2.72. The molecule has 2 aromatic rings. The van der Waals surface area contributed by atoms with Crippen LogP contribution in [0.25, 0.3) is 11.5 Å². The minimum absolute atomic E-state index is 0.157. The minimum atomic E-state index is -0.399. The molecule has 0 fully saturated rings. The first-order valence-electron chi connectivity index (χ1n) is 5.31. The maximum Gasteiger partial charge on any atom is 0.223 e. The van der Waals surface area contributed by atoms with Crippen LogP contribution >= 0.6 is 0 Å². The molecule has 0 unspecified atom stereocenters. The molecule has 0 amide bonds.